The molecule has 0 saturated carbocycles. The summed E-state index contributed by atoms with van der Waals surface area (Å²) in [6, 6.07) is 18.0. The lowest BCUT2D eigenvalue weighted by atomic mass is 9.86. The van der Waals surface area contributed by atoms with E-state index in [0.29, 0.717) is 18.1 Å². The molecule has 1 aliphatic rings. The van der Waals surface area contributed by atoms with E-state index in [1.807, 2.05) is 42.5 Å². The minimum atomic E-state index is -0.434. The summed E-state index contributed by atoms with van der Waals surface area (Å²) in [4.78, 5) is 11.6. The van der Waals surface area contributed by atoms with E-state index in [1.54, 1.807) is 0 Å². The molecule has 120 valence electrons. The summed E-state index contributed by atoms with van der Waals surface area (Å²) in [6.45, 7) is 0. The van der Waals surface area contributed by atoms with Crippen molar-refractivity contribution in [2.45, 2.75) is 12.3 Å². The molecule has 4 rings (SSSR count). The second-order valence-corrected chi connectivity index (χ2v) is 5.70. The molecule has 0 spiro atoms. The smallest absolute Gasteiger partial charge is 0.333 e. The van der Waals surface area contributed by atoms with Gasteiger partial charge in [-0.05, 0) is 11.6 Å². The Balaban J connectivity index is 1.88. The second kappa shape index (κ2) is 5.89. The highest BCUT2D eigenvalue weighted by Crippen LogP contribution is 2.47. The third-order valence-electron chi connectivity index (χ3n) is 4.26. The van der Waals surface area contributed by atoms with Gasteiger partial charge in [0.15, 0.2) is 0 Å². The molecule has 1 atom stereocenters. The number of carbonyl (C=O) groups excluding carboxylic acids is 1. The lowest BCUT2D eigenvalue weighted by molar-refractivity contribution is -0.135. The summed E-state index contributed by atoms with van der Waals surface area (Å²) in [5.41, 5.74) is 2.96. The zero-order valence-electron chi connectivity index (χ0n) is 13.2. The van der Waals surface area contributed by atoms with E-state index in [9.17, 15) is 4.79 Å². The molecule has 1 aromatic heterocycles. The summed E-state index contributed by atoms with van der Waals surface area (Å²) >= 11 is 0. The number of fused-ring (bicyclic) bond motifs is 3. The molecule has 2 aromatic carbocycles. The molecular formula is C20H16O4. The highest BCUT2D eigenvalue weighted by molar-refractivity contribution is 5.86. The molecule has 1 aliphatic heterocycles. The largest absolute Gasteiger partial charge is 0.466 e. The van der Waals surface area contributed by atoms with Crippen LogP contribution in [0, 0.1) is 0 Å². The second-order valence-electron chi connectivity index (χ2n) is 5.70. The maximum Gasteiger partial charge on any atom is 0.333 e. The monoisotopic (exact) mass is 320 g/mol. The van der Waals surface area contributed by atoms with Gasteiger partial charge in [0.1, 0.15) is 11.3 Å². The Labute approximate surface area is 139 Å². The number of ether oxygens (including phenoxy) is 2. The van der Waals surface area contributed by atoms with Crippen molar-refractivity contribution in [3.8, 4) is 5.95 Å². The Bertz CT molecular complexity index is 921. The lowest BCUT2D eigenvalue weighted by Gasteiger charge is -2.24. The minimum absolute atomic E-state index is 0.0644. The predicted octanol–water partition coefficient (Wildman–Crippen LogP) is 4.40. The average Bonchev–Trinajstić information content (AvgIpc) is 3.00. The van der Waals surface area contributed by atoms with Gasteiger partial charge in [-0.25, -0.2) is 4.79 Å². The molecule has 0 aliphatic carbocycles. The molecular weight excluding hydrogens is 304 g/mol. The van der Waals surface area contributed by atoms with Crippen molar-refractivity contribution >= 4 is 16.9 Å². The van der Waals surface area contributed by atoms with Crippen LogP contribution in [0.5, 0.6) is 5.95 Å². The molecule has 0 bridgehead atoms. The fraction of sp³-hybridized carbons (Fsp3) is 0.150. The molecule has 24 heavy (non-hydrogen) atoms. The van der Waals surface area contributed by atoms with Crippen molar-refractivity contribution in [3.05, 3.63) is 77.6 Å². The van der Waals surface area contributed by atoms with Gasteiger partial charge >= 0.3 is 5.97 Å². The van der Waals surface area contributed by atoms with Gasteiger partial charge < -0.3 is 13.9 Å². The van der Waals surface area contributed by atoms with E-state index in [0.717, 1.165) is 22.1 Å². The van der Waals surface area contributed by atoms with Crippen LogP contribution in [0.25, 0.3) is 11.0 Å². The minimum Gasteiger partial charge on any atom is -0.466 e. The molecule has 0 unspecified atom stereocenters. The first-order chi connectivity index (χ1) is 11.8. The molecule has 0 N–H and O–H groups in total. The molecule has 0 amide bonds. The van der Waals surface area contributed by atoms with Crippen LogP contribution in [0.15, 0.2) is 70.8 Å². The van der Waals surface area contributed by atoms with Gasteiger partial charge in [0.05, 0.1) is 18.7 Å². The van der Waals surface area contributed by atoms with Crippen LogP contribution in [0.3, 0.4) is 0 Å². The van der Waals surface area contributed by atoms with Crippen LogP contribution in [0.4, 0.5) is 0 Å². The fourth-order valence-corrected chi connectivity index (χ4v) is 3.16. The Hall–Kier alpha value is -3.01. The number of allylic oxidation sites excluding steroid dienone is 1. The Morgan fingerprint density at radius 1 is 1.12 bits per heavy atom. The van der Waals surface area contributed by atoms with Crippen LogP contribution in [-0.2, 0) is 9.53 Å². The van der Waals surface area contributed by atoms with Crippen LogP contribution in [0.1, 0.15) is 23.5 Å². The molecule has 2 heterocycles. The van der Waals surface area contributed by atoms with Crippen LogP contribution < -0.4 is 4.74 Å². The number of benzene rings is 2. The molecule has 4 nitrogen and oxygen atoms in total. The van der Waals surface area contributed by atoms with Crippen molar-refractivity contribution in [2.24, 2.45) is 0 Å². The maximum absolute atomic E-state index is 11.6. The van der Waals surface area contributed by atoms with Gasteiger partial charge in [0, 0.05) is 17.7 Å². The number of furan rings is 1. The number of methoxy groups -OCH3 is 1. The van der Waals surface area contributed by atoms with Crippen molar-refractivity contribution in [1.29, 1.82) is 0 Å². The number of hydrogen-bond acceptors (Lipinski definition) is 4. The highest BCUT2D eigenvalue weighted by atomic mass is 16.6. The van der Waals surface area contributed by atoms with Gasteiger partial charge in [-0.15, -0.1) is 0 Å². The standard InChI is InChI=1S/C20H16O4/c1-22-18(21)12-14-11-16(13-7-3-2-4-8-13)19-15-9-5-6-10-17(15)24-20(19)23-14/h2-10,12,16H,11H2,1H3/b14-12+/t16-/m1/s1. The molecule has 0 fully saturated rings. The van der Waals surface area contributed by atoms with Gasteiger partial charge in [-0.3, -0.25) is 0 Å². The first-order valence-corrected chi connectivity index (χ1v) is 7.79. The average molecular weight is 320 g/mol. The van der Waals surface area contributed by atoms with Gasteiger partial charge in [0.2, 0.25) is 0 Å². The predicted molar refractivity (Wildman–Crippen MR) is 89.8 cm³/mol. The quantitative estimate of drug-likeness (QED) is 0.518. The van der Waals surface area contributed by atoms with Gasteiger partial charge in [0.25, 0.3) is 5.95 Å². The van der Waals surface area contributed by atoms with Crippen LogP contribution in [-0.4, -0.2) is 13.1 Å². The number of esters is 1. The van der Waals surface area contributed by atoms with E-state index >= 15 is 0 Å². The zero-order chi connectivity index (χ0) is 16.5. The molecule has 0 radical (unpaired) electrons. The fourth-order valence-electron chi connectivity index (χ4n) is 3.16. The van der Waals surface area contributed by atoms with Crippen molar-refractivity contribution in [2.75, 3.05) is 7.11 Å². The van der Waals surface area contributed by atoms with E-state index in [-0.39, 0.29) is 5.92 Å². The summed E-state index contributed by atoms with van der Waals surface area (Å²) in [5, 5.41) is 1.04. The Morgan fingerprint density at radius 2 is 1.88 bits per heavy atom. The Morgan fingerprint density at radius 3 is 2.67 bits per heavy atom. The van der Waals surface area contributed by atoms with Crippen molar-refractivity contribution in [1.82, 2.24) is 0 Å². The first-order valence-electron chi connectivity index (χ1n) is 7.79. The van der Waals surface area contributed by atoms with Gasteiger partial charge in [-0.2, -0.15) is 0 Å². The van der Waals surface area contributed by atoms with Crippen molar-refractivity contribution in [3.63, 3.8) is 0 Å². The van der Waals surface area contributed by atoms with Gasteiger partial charge in [-0.1, -0.05) is 48.5 Å². The van der Waals surface area contributed by atoms with Crippen LogP contribution in [0.2, 0.25) is 0 Å². The zero-order valence-corrected chi connectivity index (χ0v) is 13.2. The lowest BCUT2D eigenvalue weighted by Crippen LogP contribution is -2.14. The number of hydrogen-bond donors (Lipinski definition) is 0. The summed E-state index contributed by atoms with van der Waals surface area (Å²) in [7, 11) is 1.35. The summed E-state index contributed by atoms with van der Waals surface area (Å²) in [6.07, 6.45) is 1.96. The normalized spacial score (nSPS) is 18.2. The third kappa shape index (κ3) is 2.46. The summed E-state index contributed by atoms with van der Waals surface area (Å²) in [5.74, 6) is 0.625. The van der Waals surface area contributed by atoms with E-state index < -0.39 is 5.97 Å². The van der Waals surface area contributed by atoms with Crippen molar-refractivity contribution < 1.29 is 18.7 Å². The number of rotatable bonds is 2. The molecule has 3 aromatic rings. The molecule has 4 heteroatoms. The maximum atomic E-state index is 11.6. The Kier molecular flexibility index (Phi) is 3.58. The number of carbonyl (C=O) groups is 1. The summed E-state index contributed by atoms with van der Waals surface area (Å²) < 4.78 is 16.4. The van der Waals surface area contributed by atoms with E-state index in [2.05, 4.69) is 12.1 Å². The third-order valence-corrected chi connectivity index (χ3v) is 4.26. The number of para-hydroxylation sites is 1. The SMILES string of the molecule is COC(=O)/C=C1\C[C@H](c2ccccc2)c2c(oc3ccccc23)O1. The topological polar surface area (TPSA) is 48.7 Å². The van der Waals surface area contributed by atoms with Crippen LogP contribution >= 0.6 is 0 Å². The first kappa shape index (κ1) is 14.6. The van der Waals surface area contributed by atoms with E-state index in [1.165, 1.54) is 13.2 Å². The van der Waals surface area contributed by atoms with E-state index in [4.69, 9.17) is 13.9 Å². The highest BCUT2D eigenvalue weighted by Gasteiger charge is 2.32. The molecule has 0 saturated heterocycles.